The van der Waals surface area contributed by atoms with Crippen LogP contribution in [-0.4, -0.2) is 17.7 Å². The maximum Gasteiger partial charge on any atom is 0.339 e. The first-order valence-electron chi connectivity index (χ1n) is 5.74. The van der Waals surface area contributed by atoms with Gasteiger partial charge >= 0.3 is 5.97 Å². The molecule has 0 heterocycles. The number of halogens is 1. The van der Waals surface area contributed by atoms with Crippen molar-refractivity contribution in [1.82, 2.24) is 0 Å². The second kappa shape index (κ2) is 6.50. The van der Waals surface area contributed by atoms with Crippen molar-refractivity contribution in [1.29, 1.82) is 0 Å². The molecule has 1 N–H and O–H groups in total. The van der Waals surface area contributed by atoms with Crippen LogP contribution in [0.1, 0.15) is 37.0 Å². The van der Waals surface area contributed by atoms with Crippen LogP contribution in [0.25, 0.3) is 0 Å². The number of rotatable bonds is 6. The Labute approximate surface area is 106 Å². The lowest BCUT2D eigenvalue weighted by atomic mass is 10.1. The van der Waals surface area contributed by atoms with Crippen LogP contribution in [0.4, 0.5) is 0 Å². The first-order valence-corrected chi connectivity index (χ1v) is 6.12. The zero-order valence-corrected chi connectivity index (χ0v) is 10.8. The first-order chi connectivity index (χ1) is 8.10. The average Bonchev–Trinajstić information content (AvgIpc) is 2.31. The Morgan fingerprint density at radius 3 is 2.59 bits per heavy atom. The average molecular weight is 257 g/mol. The highest BCUT2D eigenvalue weighted by molar-refractivity contribution is 6.32. The van der Waals surface area contributed by atoms with Crippen molar-refractivity contribution in [3.63, 3.8) is 0 Å². The summed E-state index contributed by atoms with van der Waals surface area (Å²) in [6.07, 6.45) is 2.01. The van der Waals surface area contributed by atoms with Gasteiger partial charge in [-0.1, -0.05) is 44.4 Å². The summed E-state index contributed by atoms with van der Waals surface area (Å²) in [5.41, 5.74) is 0.114. The molecule has 0 amide bonds. The van der Waals surface area contributed by atoms with Crippen LogP contribution in [-0.2, 0) is 0 Å². The van der Waals surface area contributed by atoms with Crippen LogP contribution in [0.5, 0.6) is 5.75 Å². The van der Waals surface area contributed by atoms with Gasteiger partial charge < -0.3 is 9.84 Å². The topological polar surface area (TPSA) is 46.5 Å². The lowest BCUT2D eigenvalue weighted by molar-refractivity contribution is 0.0691. The fraction of sp³-hybridized carbons (Fsp3) is 0.462. The molecule has 0 bridgehead atoms. The lowest BCUT2D eigenvalue weighted by Crippen LogP contribution is -2.12. The van der Waals surface area contributed by atoms with E-state index in [2.05, 4.69) is 13.8 Å². The summed E-state index contributed by atoms with van der Waals surface area (Å²) in [6, 6.07) is 4.74. The van der Waals surface area contributed by atoms with E-state index in [4.69, 9.17) is 21.4 Å². The molecule has 3 nitrogen and oxygen atoms in total. The SMILES string of the molecule is CCC(CC)COc1c(Cl)cccc1C(=O)O. The highest BCUT2D eigenvalue weighted by Gasteiger charge is 2.15. The molecule has 0 radical (unpaired) electrons. The predicted octanol–water partition coefficient (Wildman–Crippen LogP) is 3.85. The van der Waals surface area contributed by atoms with Crippen molar-refractivity contribution in [2.45, 2.75) is 26.7 Å². The van der Waals surface area contributed by atoms with Gasteiger partial charge in [0.25, 0.3) is 0 Å². The molecule has 0 aromatic heterocycles. The third-order valence-electron chi connectivity index (χ3n) is 2.82. The Hall–Kier alpha value is -1.22. The van der Waals surface area contributed by atoms with Gasteiger partial charge in [0.15, 0.2) is 5.75 Å². The summed E-state index contributed by atoms with van der Waals surface area (Å²) in [7, 11) is 0. The fourth-order valence-electron chi connectivity index (χ4n) is 1.55. The van der Waals surface area contributed by atoms with Crippen LogP contribution >= 0.6 is 11.6 Å². The largest absolute Gasteiger partial charge is 0.491 e. The molecule has 0 saturated carbocycles. The minimum absolute atomic E-state index is 0.114. The van der Waals surface area contributed by atoms with Gasteiger partial charge in [-0.25, -0.2) is 4.79 Å². The molecule has 0 aliphatic rings. The van der Waals surface area contributed by atoms with E-state index in [9.17, 15) is 4.79 Å². The molecule has 0 atom stereocenters. The summed E-state index contributed by atoms with van der Waals surface area (Å²) in [5.74, 6) is -0.325. The Bertz CT molecular complexity index is 386. The molecular formula is C13H17ClO3. The second-order valence-corrected chi connectivity index (χ2v) is 4.32. The molecule has 0 saturated heterocycles. The second-order valence-electron chi connectivity index (χ2n) is 3.92. The summed E-state index contributed by atoms with van der Waals surface area (Å²) in [5, 5.41) is 9.37. The molecule has 94 valence electrons. The molecule has 0 aliphatic heterocycles. The van der Waals surface area contributed by atoms with Crippen molar-refractivity contribution in [3.05, 3.63) is 28.8 Å². The third-order valence-corrected chi connectivity index (χ3v) is 3.11. The number of ether oxygens (including phenoxy) is 1. The van der Waals surface area contributed by atoms with Gasteiger partial charge in [-0.05, 0) is 18.1 Å². The third kappa shape index (κ3) is 3.63. The van der Waals surface area contributed by atoms with Crippen LogP contribution in [0.2, 0.25) is 5.02 Å². The van der Waals surface area contributed by atoms with E-state index in [0.29, 0.717) is 17.5 Å². The Kier molecular flexibility index (Phi) is 5.29. The number of carboxylic acids is 1. The Morgan fingerprint density at radius 2 is 2.06 bits per heavy atom. The minimum atomic E-state index is -1.02. The fourth-order valence-corrected chi connectivity index (χ4v) is 1.78. The Balaban J connectivity index is 2.85. The molecule has 0 fully saturated rings. The number of hydrogen-bond acceptors (Lipinski definition) is 2. The van der Waals surface area contributed by atoms with Crippen molar-refractivity contribution in [2.75, 3.05) is 6.61 Å². The zero-order valence-electron chi connectivity index (χ0n) is 10.1. The van der Waals surface area contributed by atoms with Crippen molar-refractivity contribution < 1.29 is 14.6 Å². The van der Waals surface area contributed by atoms with Gasteiger partial charge in [0.1, 0.15) is 5.56 Å². The van der Waals surface area contributed by atoms with E-state index in [1.807, 2.05) is 0 Å². The van der Waals surface area contributed by atoms with Crippen LogP contribution < -0.4 is 4.74 Å². The van der Waals surface area contributed by atoms with Crippen molar-refractivity contribution in [2.24, 2.45) is 5.92 Å². The van der Waals surface area contributed by atoms with E-state index in [-0.39, 0.29) is 11.3 Å². The maximum absolute atomic E-state index is 11.0. The summed E-state index contributed by atoms with van der Waals surface area (Å²) in [4.78, 5) is 11.0. The lowest BCUT2D eigenvalue weighted by Gasteiger charge is -2.16. The molecular weight excluding hydrogens is 240 g/mol. The Morgan fingerprint density at radius 1 is 1.41 bits per heavy atom. The van der Waals surface area contributed by atoms with Gasteiger partial charge in [-0.2, -0.15) is 0 Å². The van der Waals surface area contributed by atoms with Gasteiger partial charge in [0.2, 0.25) is 0 Å². The molecule has 4 heteroatoms. The predicted molar refractivity (Wildman–Crippen MR) is 68.0 cm³/mol. The van der Waals surface area contributed by atoms with Crippen molar-refractivity contribution >= 4 is 17.6 Å². The molecule has 0 spiro atoms. The number of aromatic carboxylic acids is 1. The highest BCUT2D eigenvalue weighted by atomic mass is 35.5. The van der Waals surface area contributed by atoms with Gasteiger partial charge in [-0.15, -0.1) is 0 Å². The summed E-state index contributed by atoms with van der Waals surface area (Å²) < 4.78 is 5.56. The van der Waals surface area contributed by atoms with E-state index in [0.717, 1.165) is 12.8 Å². The van der Waals surface area contributed by atoms with Crippen LogP contribution in [0.15, 0.2) is 18.2 Å². The first kappa shape index (κ1) is 13.8. The number of hydrogen-bond donors (Lipinski definition) is 1. The molecule has 17 heavy (non-hydrogen) atoms. The molecule has 1 aromatic rings. The highest BCUT2D eigenvalue weighted by Crippen LogP contribution is 2.29. The summed E-state index contributed by atoms with van der Waals surface area (Å²) in [6.45, 7) is 4.67. The summed E-state index contributed by atoms with van der Waals surface area (Å²) >= 11 is 5.95. The molecule has 1 rings (SSSR count). The van der Waals surface area contributed by atoms with E-state index in [1.165, 1.54) is 6.07 Å². The smallest absolute Gasteiger partial charge is 0.339 e. The standard InChI is InChI=1S/C13H17ClO3/c1-3-9(4-2)8-17-12-10(13(15)16)6-5-7-11(12)14/h5-7,9H,3-4,8H2,1-2H3,(H,15,16). The van der Waals surface area contributed by atoms with Crippen molar-refractivity contribution in [3.8, 4) is 5.75 Å². The minimum Gasteiger partial charge on any atom is -0.491 e. The number of para-hydroxylation sites is 1. The van der Waals surface area contributed by atoms with Gasteiger partial charge in [0.05, 0.1) is 11.6 Å². The van der Waals surface area contributed by atoms with Gasteiger partial charge in [-0.3, -0.25) is 0 Å². The zero-order chi connectivity index (χ0) is 12.8. The van der Waals surface area contributed by atoms with E-state index < -0.39 is 5.97 Å². The number of carboxylic acid groups (broad SMARTS) is 1. The number of benzene rings is 1. The van der Waals surface area contributed by atoms with E-state index in [1.54, 1.807) is 12.1 Å². The monoisotopic (exact) mass is 256 g/mol. The van der Waals surface area contributed by atoms with Crippen LogP contribution in [0.3, 0.4) is 0 Å². The molecule has 1 aromatic carbocycles. The quantitative estimate of drug-likeness (QED) is 0.841. The van der Waals surface area contributed by atoms with E-state index >= 15 is 0 Å². The molecule has 0 unspecified atom stereocenters. The molecule has 0 aliphatic carbocycles. The normalized spacial score (nSPS) is 10.6. The number of carbonyl (C=O) groups is 1. The van der Waals surface area contributed by atoms with Crippen LogP contribution in [0, 0.1) is 5.92 Å². The van der Waals surface area contributed by atoms with Gasteiger partial charge in [0, 0.05) is 0 Å². The maximum atomic E-state index is 11.0.